The zero-order valence-electron chi connectivity index (χ0n) is 12.2. The van der Waals surface area contributed by atoms with Gasteiger partial charge in [0.05, 0.1) is 6.04 Å². The summed E-state index contributed by atoms with van der Waals surface area (Å²) in [6.07, 6.45) is 0. The second-order valence-corrected chi connectivity index (χ2v) is 5.50. The van der Waals surface area contributed by atoms with Crippen LogP contribution in [0.4, 0.5) is 4.79 Å². The molecule has 0 aromatic heterocycles. The molecule has 0 spiro atoms. The van der Waals surface area contributed by atoms with Gasteiger partial charge in [0.25, 0.3) is 0 Å². The zero-order chi connectivity index (χ0) is 15.2. The van der Waals surface area contributed by atoms with Crippen molar-refractivity contribution in [1.82, 2.24) is 10.2 Å². The number of nitrogens with one attached hydrogen (secondary N) is 1. The summed E-state index contributed by atoms with van der Waals surface area (Å²) in [6, 6.07) is 17.3. The summed E-state index contributed by atoms with van der Waals surface area (Å²) >= 11 is 5.95. The summed E-state index contributed by atoms with van der Waals surface area (Å²) in [4.78, 5) is 13.8. The first-order valence-corrected chi connectivity index (χ1v) is 7.25. The van der Waals surface area contributed by atoms with Crippen molar-refractivity contribution in [3.63, 3.8) is 0 Å². The molecule has 1 N–H and O–H groups in total. The molecule has 0 fully saturated rings. The number of hydrogen-bond acceptors (Lipinski definition) is 1. The lowest BCUT2D eigenvalue weighted by Crippen LogP contribution is -2.38. The molecule has 0 aliphatic rings. The Morgan fingerprint density at radius 1 is 1.19 bits per heavy atom. The van der Waals surface area contributed by atoms with Gasteiger partial charge in [-0.15, -0.1) is 0 Å². The fourth-order valence-corrected chi connectivity index (χ4v) is 2.31. The summed E-state index contributed by atoms with van der Waals surface area (Å²) in [6.45, 7) is 2.49. The summed E-state index contributed by atoms with van der Waals surface area (Å²) < 4.78 is 0. The van der Waals surface area contributed by atoms with Gasteiger partial charge in [0.15, 0.2) is 0 Å². The van der Waals surface area contributed by atoms with Crippen molar-refractivity contribution in [2.24, 2.45) is 0 Å². The third-order valence-corrected chi connectivity index (χ3v) is 3.53. The molecule has 2 aromatic rings. The minimum Gasteiger partial charge on any atom is -0.331 e. The van der Waals surface area contributed by atoms with Gasteiger partial charge in [0.1, 0.15) is 0 Å². The average Bonchev–Trinajstić information content (AvgIpc) is 2.48. The Kier molecular flexibility index (Phi) is 5.23. The number of rotatable bonds is 4. The van der Waals surface area contributed by atoms with Crippen LogP contribution < -0.4 is 5.32 Å². The molecule has 0 unspecified atom stereocenters. The minimum atomic E-state index is -0.105. The van der Waals surface area contributed by atoms with E-state index in [0.29, 0.717) is 11.6 Å². The molecule has 0 radical (unpaired) electrons. The first kappa shape index (κ1) is 15.4. The number of amides is 2. The van der Waals surface area contributed by atoms with Crippen molar-refractivity contribution in [3.05, 3.63) is 70.7 Å². The Labute approximate surface area is 130 Å². The van der Waals surface area contributed by atoms with Crippen LogP contribution in [0.3, 0.4) is 0 Å². The molecule has 2 rings (SSSR count). The van der Waals surface area contributed by atoms with E-state index in [9.17, 15) is 4.79 Å². The molecule has 4 heteroatoms. The number of urea groups is 1. The van der Waals surface area contributed by atoms with Gasteiger partial charge in [-0.25, -0.2) is 4.79 Å². The van der Waals surface area contributed by atoms with Gasteiger partial charge in [0.2, 0.25) is 0 Å². The summed E-state index contributed by atoms with van der Waals surface area (Å²) in [5.74, 6) is 0. The fourth-order valence-electron chi connectivity index (χ4n) is 2.10. The highest BCUT2D eigenvalue weighted by atomic mass is 35.5. The number of halogens is 1. The van der Waals surface area contributed by atoms with Crippen molar-refractivity contribution in [2.45, 2.75) is 19.5 Å². The molecule has 1 atom stereocenters. The van der Waals surface area contributed by atoms with Crippen LogP contribution in [-0.4, -0.2) is 18.0 Å². The van der Waals surface area contributed by atoms with E-state index < -0.39 is 0 Å². The first-order chi connectivity index (χ1) is 10.1. The van der Waals surface area contributed by atoms with Gasteiger partial charge in [-0.3, -0.25) is 0 Å². The molecule has 2 aromatic carbocycles. The predicted molar refractivity (Wildman–Crippen MR) is 86.3 cm³/mol. The van der Waals surface area contributed by atoms with E-state index in [2.05, 4.69) is 5.32 Å². The van der Waals surface area contributed by atoms with Gasteiger partial charge in [-0.1, -0.05) is 54.1 Å². The monoisotopic (exact) mass is 302 g/mol. The summed E-state index contributed by atoms with van der Waals surface area (Å²) in [5, 5.41) is 3.66. The number of hydrogen-bond donors (Lipinski definition) is 1. The SMILES string of the molecule is C[C@H](NC(=O)N(C)Cc1cccc(Cl)c1)c1ccccc1. The van der Waals surface area contributed by atoms with Gasteiger partial charge in [-0.05, 0) is 30.2 Å². The lowest BCUT2D eigenvalue weighted by Gasteiger charge is -2.21. The van der Waals surface area contributed by atoms with Crippen LogP contribution >= 0.6 is 11.6 Å². The second kappa shape index (κ2) is 7.14. The standard InChI is InChI=1S/C17H19ClN2O/c1-13(15-8-4-3-5-9-15)19-17(21)20(2)12-14-7-6-10-16(18)11-14/h3-11,13H,12H2,1-2H3,(H,19,21)/t13-/m0/s1. The molecule has 0 aliphatic heterocycles. The quantitative estimate of drug-likeness (QED) is 0.900. The fraction of sp³-hybridized carbons (Fsp3) is 0.235. The molecule has 0 bridgehead atoms. The number of carbonyl (C=O) groups is 1. The molecule has 3 nitrogen and oxygen atoms in total. The summed E-state index contributed by atoms with van der Waals surface area (Å²) in [7, 11) is 1.77. The molecular weight excluding hydrogens is 284 g/mol. The van der Waals surface area contributed by atoms with Gasteiger partial charge >= 0.3 is 6.03 Å². The maximum absolute atomic E-state index is 12.2. The Bertz CT molecular complexity index is 601. The molecular formula is C17H19ClN2O. The maximum atomic E-state index is 12.2. The van der Waals surface area contributed by atoms with Crippen LogP contribution in [0.1, 0.15) is 24.1 Å². The lowest BCUT2D eigenvalue weighted by molar-refractivity contribution is 0.203. The number of benzene rings is 2. The first-order valence-electron chi connectivity index (χ1n) is 6.87. The Hall–Kier alpha value is -2.00. The van der Waals surface area contributed by atoms with Crippen LogP contribution in [0.15, 0.2) is 54.6 Å². The topological polar surface area (TPSA) is 32.3 Å². The summed E-state index contributed by atoms with van der Waals surface area (Å²) in [5.41, 5.74) is 2.09. The Morgan fingerprint density at radius 2 is 1.90 bits per heavy atom. The van der Waals surface area contributed by atoms with Gasteiger partial charge in [-0.2, -0.15) is 0 Å². The van der Waals surface area contributed by atoms with Crippen molar-refractivity contribution in [3.8, 4) is 0 Å². The predicted octanol–water partition coefficient (Wildman–Crippen LogP) is 4.24. The van der Waals surface area contributed by atoms with Crippen LogP contribution in [0.25, 0.3) is 0 Å². The van der Waals surface area contributed by atoms with E-state index >= 15 is 0 Å². The maximum Gasteiger partial charge on any atom is 0.317 e. The van der Waals surface area contributed by atoms with E-state index in [0.717, 1.165) is 11.1 Å². The van der Waals surface area contributed by atoms with Gasteiger partial charge < -0.3 is 10.2 Å². The minimum absolute atomic E-state index is 0.0273. The van der Waals surface area contributed by atoms with E-state index in [1.54, 1.807) is 11.9 Å². The highest BCUT2D eigenvalue weighted by Gasteiger charge is 2.13. The van der Waals surface area contributed by atoms with Crippen molar-refractivity contribution < 1.29 is 4.79 Å². The highest BCUT2D eigenvalue weighted by Crippen LogP contribution is 2.14. The zero-order valence-corrected chi connectivity index (χ0v) is 13.0. The molecule has 2 amide bonds. The van der Waals surface area contributed by atoms with E-state index in [1.165, 1.54) is 0 Å². The Balaban J connectivity index is 1.94. The highest BCUT2D eigenvalue weighted by molar-refractivity contribution is 6.30. The molecule has 110 valence electrons. The smallest absolute Gasteiger partial charge is 0.317 e. The van der Waals surface area contributed by atoms with Crippen molar-refractivity contribution in [2.75, 3.05) is 7.05 Å². The van der Waals surface area contributed by atoms with E-state index in [-0.39, 0.29) is 12.1 Å². The lowest BCUT2D eigenvalue weighted by atomic mass is 10.1. The van der Waals surface area contributed by atoms with Crippen LogP contribution in [-0.2, 0) is 6.54 Å². The second-order valence-electron chi connectivity index (χ2n) is 5.07. The van der Waals surface area contributed by atoms with Gasteiger partial charge in [0, 0.05) is 18.6 Å². The average molecular weight is 303 g/mol. The molecule has 0 saturated carbocycles. The third-order valence-electron chi connectivity index (χ3n) is 3.30. The van der Waals surface area contributed by atoms with Crippen molar-refractivity contribution >= 4 is 17.6 Å². The third kappa shape index (κ3) is 4.50. The molecule has 21 heavy (non-hydrogen) atoms. The normalized spacial score (nSPS) is 11.8. The molecule has 0 saturated heterocycles. The molecule has 0 aliphatic carbocycles. The number of carbonyl (C=O) groups excluding carboxylic acids is 1. The van der Waals surface area contributed by atoms with Crippen LogP contribution in [0.5, 0.6) is 0 Å². The van der Waals surface area contributed by atoms with E-state index in [4.69, 9.17) is 11.6 Å². The van der Waals surface area contributed by atoms with E-state index in [1.807, 2.05) is 61.5 Å². The Morgan fingerprint density at radius 3 is 2.57 bits per heavy atom. The van der Waals surface area contributed by atoms with Crippen molar-refractivity contribution in [1.29, 1.82) is 0 Å². The van der Waals surface area contributed by atoms with Crippen LogP contribution in [0, 0.1) is 0 Å². The number of nitrogens with zero attached hydrogens (tertiary/aromatic N) is 1. The van der Waals surface area contributed by atoms with Crippen LogP contribution in [0.2, 0.25) is 5.02 Å². The largest absolute Gasteiger partial charge is 0.331 e. The molecule has 0 heterocycles.